The van der Waals surface area contributed by atoms with Crippen LogP contribution in [-0.2, 0) is 0 Å². The van der Waals surface area contributed by atoms with E-state index >= 15 is 0 Å². The molecule has 2 aromatic carbocycles. The second kappa shape index (κ2) is 8.25. The first-order valence-electron chi connectivity index (χ1n) is 10.5. The molecule has 0 amide bonds. The maximum Gasteiger partial charge on any atom is 0.573 e. The Bertz CT molecular complexity index is 823. The monoisotopic (exact) mass is 400 g/mol. The van der Waals surface area contributed by atoms with Crippen molar-refractivity contribution in [3.05, 3.63) is 66.7 Å². The quantitative estimate of drug-likeness (QED) is 0.477. The Morgan fingerprint density at radius 3 is 2.00 bits per heavy atom. The summed E-state index contributed by atoms with van der Waals surface area (Å²) in [5, 5.41) is 0. The van der Waals surface area contributed by atoms with Gasteiger partial charge in [-0.25, -0.2) is 0 Å². The molecule has 0 bridgehead atoms. The van der Waals surface area contributed by atoms with Crippen LogP contribution in [0.15, 0.2) is 61.2 Å². The number of hydrogen-bond donors (Lipinski definition) is 0. The number of hydrogen-bond acceptors (Lipinski definition) is 1. The van der Waals surface area contributed by atoms with E-state index in [0.29, 0.717) is 11.8 Å². The number of fused-ring (bicyclic) bond motifs is 1. The zero-order valence-electron chi connectivity index (χ0n) is 16.5. The van der Waals surface area contributed by atoms with Gasteiger partial charge in [0.1, 0.15) is 5.75 Å². The van der Waals surface area contributed by atoms with Crippen LogP contribution in [0.2, 0.25) is 0 Å². The first kappa shape index (κ1) is 20.1. The molecule has 1 nitrogen and oxygen atoms in total. The molecular formula is C25H27F3O. The van der Waals surface area contributed by atoms with Crippen LogP contribution in [0.25, 0.3) is 11.1 Å². The predicted octanol–water partition coefficient (Wildman–Crippen LogP) is 7.74. The average molecular weight is 400 g/mol. The fourth-order valence-corrected chi connectivity index (χ4v) is 5.24. The van der Waals surface area contributed by atoms with Crippen molar-refractivity contribution in [2.24, 2.45) is 17.8 Å². The molecule has 0 radical (unpaired) electrons. The molecule has 2 aliphatic carbocycles. The lowest BCUT2D eigenvalue weighted by Crippen LogP contribution is -2.29. The summed E-state index contributed by atoms with van der Waals surface area (Å²) < 4.78 is 40.8. The van der Waals surface area contributed by atoms with E-state index in [1.807, 2.05) is 0 Å². The van der Waals surface area contributed by atoms with Crippen molar-refractivity contribution in [1.82, 2.24) is 0 Å². The standard InChI is InChI=1S/C25H27F3O/c1-2-17-3-4-23-16-22(10-9-21(23)15-17)20-7-5-18(6-8-20)19-11-13-24(14-12-19)29-25(26,27)28/h2,5-8,11-14,17,21-23H,1,3-4,9-10,15-16H2. The van der Waals surface area contributed by atoms with Crippen LogP contribution in [-0.4, -0.2) is 6.36 Å². The molecule has 0 heterocycles. The van der Waals surface area contributed by atoms with E-state index in [1.54, 1.807) is 12.1 Å². The zero-order chi connectivity index (χ0) is 20.4. The van der Waals surface area contributed by atoms with Gasteiger partial charge in [-0.05, 0) is 91.0 Å². The molecule has 2 aliphatic rings. The van der Waals surface area contributed by atoms with Crippen LogP contribution < -0.4 is 4.74 Å². The van der Waals surface area contributed by atoms with Crippen LogP contribution in [0.4, 0.5) is 13.2 Å². The predicted molar refractivity (Wildman–Crippen MR) is 110 cm³/mol. The molecule has 2 saturated carbocycles. The van der Waals surface area contributed by atoms with Gasteiger partial charge < -0.3 is 4.74 Å². The topological polar surface area (TPSA) is 9.23 Å². The second-order valence-corrected chi connectivity index (χ2v) is 8.53. The minimum absolute atomic E-state index is 0.194. The van der Waals surface area contributed by atoms with Crippen molar-refractivity contribution in [3.63, 3.8) is 0 Å². The highest BCUT2D eigenvalue weighted by molar-refractivity contribution is 5.64. The minimum Gasteiger partial charge on any atom is -0.406 e. The Kier molecular flexibility index (Phi) is 5.71. The molecule has 4 rings (SSSR count). The molecular weight excluding hydrogens is 373 g/mol. The summed E-state index contributed by atoms with van der Waals surface area (Å²) in [6.07, 6.45) is 5.23. The Hall–Kier alpha value is -2.23. The van der Waals surface area contributed by atoms with Crippen molar-refractivity contribution in [1.29, 1.82) is 0 Å². The van der Waals surface area contributed by atoms with E-state index in [-0.39, 0.29) is 5.75 Å². The molecule has 4 atom stereocenters. The highest BCUT2D eigenvalue weighted by atomic mass is 19.4. The third-order valence-corrected chi connectivity index (χ3v) is 6.79. The lowest BCUT2D eigenvalue weighted by Gasteiger charge is -2.41. The van der Waals surface area contributed by atoms with Gasteiger partial charge in [0.15, 0.2) is 0 Å². The van der Waals surface area contributed by atoms with Gasteiger partial charge in [-0.2, -0.15) is 0 Å². The van der Waals surface area contributed by atoms with E-state index in [9.17, 15) is 13.2 Å². The van der Waals surface area contributed by atoms with Gasteiger partial charge in [0.2, 0.25) is 0 Å². The molecule has 0 aromatic heterocycles. The first-order valence-corrected chi connectivity index (χ1v) is 10.5. The van der Waals surface area contributed by atoms with Crippen LogP contribution >= 0.6 is 0 Å². The van der Waals surface area contributed by atoms with Crippen molar-refractivity contribution in [3.8, 4) is 16.9 Å². The maximum absolute atomic E-state index is 12.3. The number of halogens is 3. The smallest absolute Gasteiger partial charge is 0.406 e. The third-order valence-electron chi connectivity index (χ3n) is 6.79. The normalized spacial score (nSPS) is 27.1. The molecule has 0 aliphatic heterocycles. The molecule has 0 spiro atoms. The van der Waals surface area contributed by atoms with Crippen LogP contribution in [0.5, 0.6) is 5.75 Å². The Balaban J connectivity index is 1.40. The molecule has 154 valence electrons. The summed E-state index contributed by atoms with van der Waals surface area (Å²) in [5.74, 6) is 2.83. The summed E-state index contributed by atoms with van der Waals surface area (Å²) in [5.41, 5.74) is 3.28. The highest BCUT2D eigenvalue weighted by Gasteiger charge is 2.35. The largest absolute Gasteiger partial charge is 0.573 e. The van der Waals surface area contributed by atoms with Crippen molar-refractivity contribution < 1.29 is 17.9 Å². The van der Waals surface area contributed by atoms with Crippen molar-refractivity contribution in [2.75, 3.05) is 0 Å². The molecule has 2 fully saturated rings. The van der Waals surface area contributed by atoms with Gasteiger partial charge in [-0.3, -0.25) is 0 Å². The van der Waals surface area contributed by atoms with Gasteiger partial charge in [0, 0.05) is 0 Å². The highest BCUT2D eigenvalue weighted by Crippen LogP contribution is 2.47. The maximum atomic E-state index is 12.3. The number of allylic oxidation sites excluding steroid dienone is 1. The number of alkyl halides is 3. The molecule has 2 aromatic rings. The summed E-state index contributed by atoms with van der Waals surface area (Å²) >= 11 is 0. The summed E-state index contributed by atoms with van der Waals surface area (Å²) in [4.78, 5) is 0. The number of rotatable bonds is 4. The SMILES string of the molecule is C=CC1CCC2CC(c3ccc(-c4ccc(OC(F)(F)F)cc4)cc3)CCC2C1. The minimum atomic E-state index is -4.66. The fraction of sp³-hybridized carbons (Fsp3) is 0.440. The van der Waals surface area contributed by atoms with Gasteiger partial charge in [0.05, 0.1) is 0 Å². The Morgan fingerprint density at radius 2 is 1.38 bits per heavy atom. The van der Waals surface area contributed by atoms with Gasteiger partial charge in [0.25, 0.3) is 0 Å². The molecule has 0 saturated heterocycles. The van der Waals surface area contributed by atoms with E-state index in [4.69, 9.17) is 0 Å². The second-order valence-electron chi connectivity index (χ2n) is 8.53. The summed E-state index contributed by atoms with van der Waals surface area (Å²) in [7, 11) is 0. The Morgan fingerprint density at radius 1 is 0.793 bits per heavy atom. The lowest BCUT2D eigenvalue weighted by atomic mass is 9.64. The van der Waals surface area contributed by atoms with Gasteiger partial charge in [-0.15, -0.1) is 19.8 Å². The molecule has 29 heavy (non-hydrogen) atoms. The Labute approximate surface area is 170 Å². The van der Waals surface area contributed by atoms with Crippen LogP contribution in [0.1, 0.15) is 50.0 Å². The van der Waals surface area contributed by atoms with Crippen LogP contribution in [0, 0.1) is 17.8 Å². The molecule has 0 N–H and O–H groups in total. The third kappa shape index (κ3) is 4.85. The molecule has 4 unspecified atom stereocenters. The first-order chi connectivity index (χ1) is 13.9. The fourth-order valence-electron chi connectivity index (χ4n) is 5.24. The van der Waals surface area contributed by atoms with Crippen LogP contribution in [0.3, 0.4) is 0 Å². The van der Waals surface area contributed by atoms with E-state index in [1.165, 1.54) is 56.2 Å². The van der Waals surface area contributed by atoms with Gasteiger partial charge in [-0.1, -0.05) is 42.5 Å². The van der Waals surface area contributed by atoms with Crippen molar-refractivity contribution in [2.45, 2.75) is 50.8 Å². The van der Waals surface area contributed by atoms with Gasteiger partial charge >= 0.3 is 6.36 Å². The van der Waals surface area contributed by atoms with Crippen molar-refractivity contribution >= 4 is 0 Å². The van der Waals surface area contributed by atoms with E-state index < -0.39 is 6.36 Å². The number of ether oxygens (including phenoxy) is 1. The summed E-state index contributed by atoms with van der Waals surface area (Å²) in [6.45, 7) is 3.98. The number of benzene rings is 2. The summed E-state index contributed by atoms with van der Waals surface area (Å²) in [6, 6.07) is 14.6. The lowest BCUT2D eigenvalue weighted by molar-refractivity contribution is -0.274. The molecule has 4 heteroatoms. The van der Waals surface area contributed by atoms with E-state index in [0.717, 1.165) is 23.0 Å². The average Bonchev–Trinajstić information content (AvgIpc) is 2.72. The zero-order valence-corrected chi connectivity index (χ0v) is 16.5. The van der Waals surface area contributed by atoms with E-state index in [2.05, 4.69) is 41.7 Å².